The van der Waals surface area contributed by atoms with Crippen molar-refractivity contribution in [2.75, 3.05) is 4.90 Å². The molecular formula is C58H61NO. The first kappa shape index (κ1) is 46.0. The Hall–Kier alpha value is -6.74. The summed E-state index contributed by atoms with van der Waals surface area (Å²) in [4.78, 5) is 2.31. The number of aryl methyl sites for hydroxylation is 3. The van der Waals surface area contributed by atoms with Crippen LogP contribution < -0.4 is 4.90 Å². The lowest BCUT2D eigenvalue weighted by Gasteiger charge is -2.27. The van der Waals surface area contributed by atoms with Gasteiger partial charge >= 0.3 is 0 Å². The van der Waals surface area contributed by atoms with E-state index in [1.165, 1.54) is 34.2 Å². The number of rotatable bonds is 16. The molecule has 0 aliphatic heterocycles. The maximum Gasteiger partial charge on any atom is 0.143 e. The van der Waals surface area contributed by atoms with Crippen molar-refractivity contribution in [1.29, 1.82) is 0 Å². The van der Waals surface area contributed by atoms with Crippen molar-refractivity contribution in [3.8, 4) is 23.5 Å². The Kier molecular flexibility index (Phi) is 18.6. The van der Waals surface area contributed by atoms with E-state index >= 15 is 0 Å². The highest BCUT2D eigenvalue weighted by Crippen LogP contribution is 2.41. The Balaban J connectivity index is 0.00000257. The third-order valence-electron chi connectivity index (χ3n) is 9.97. The summed E-state index contributed by atoms with van der Waals surface area (Å²) in [6.07, 6.45) is 43.0. The highest BCUT2D eigenvalue weighted by molar-refractivity contribution is 5.98. The lowest BCUT2D eigenvalue weighted by molar-refractivity contribution is 0.601. The fraction of sp³-hybridized carbons (Fsp3) is 0.207. The quantitative estimate of drug-likeness (QED) is 0.0487. The largest absolute Gasteiger partial charge is 0.456 e. The van der Waals surface area contributed by atoms with Crippen LogP contribution in [0.3, 0.4) is 0 Å². The summed E-state index contributed by atoms with van der Waals surface area (Å²) in [6, 6.07) is 20.1. The molecule has 0 saturated carbocycles. The predicted molar refractivity (Wildman–Crippen MR) is 264 cm³/mol. The minimum Gasteiger partial charge on any atom is -0.456 e. The van der Waals surface area contributed by atoms with Crippen molar-refractivity contribution < 1.29 is 4.42 Å². The molecule has 0 unspecified atom stereocenters. The highest BCUT2D eigenvalue weighted by atomic mass is 16.3. The van der Waals surface area contributed by atoms with Crippen LogP contribution in [0.15, 0.2) is 197 Å². The number of benzene rings is 3. The number of anilines is 2. The van der Waals surface area contributed by atoms with E-state index in [0.29, 0.717) is 0 Å². The smallest absolute Gasteiger partial charge is 0.143 e. The van der Waals surface area contributed by atoms with E-state index in [0.717, 1.165) is 81.8 Å². The van der Waals surface area contributed by atoms with Crippen LogP contribution in [0, 0.1) is 19.3 Å². The van der Waals surface area contributed by atoms with Gasteiger partial charge in [0, 0.05) is 44.7 Å². The molecule has 1 aliphatic carbocycles. The Morgan fingerprint density at radius 1 is 0.900 bits per heavy atom. The lowest BCUT2D eigenvalue weighted by Crippen LogP contribution is -2.15. The Bertz CT molecular complexity index is 2520. The number of allylic oxidation sites excluding steroid dienone is 17. The zero-order valence-corrected chi connectivity index (χ0v) is 36.8. The number of nitrogens with zero attached hydrogens (tertiary/aromatic N) is 1. The summed E-state index contributed by atoms with van der Waals surface area (Å²) in [5, 5.41) is 1.12. The molecule has 2 heteroatoms. The molecule has 2 nitrogen and oxygen atoms in total. The van der Waals surface area contributed by atoms with Crippen molar-refractivity contribution in [3.63, 3.8) is 0 Å². The Morgan fingerprint density at radius 3 is 2.32 bits per heavy atom. The third kappa shape index (κ3) is 11.9. The summed E-state index contributed by atoms with van der Waals surface area (Å²) in [5.41, 5.74) is 20.3. The van der Waals surface area contributed by atoms with Gasteiger partial charge in [-0.1, -0.05) is 138 Å². The zero-order chi connectivity index (χ0) is 43.3. The molecule has 3 aromatic carbocycles. The molecule has 60 heavy (non-hydrogen) atoms. The second-order valence-corrected chi connectivity index (χ2v) is 14.3. The van der Waals surface area contributed by atoms with Gasteiger partial charge in [0.25, 0.3) is 0 Å². The molecule has 0 radical (unpaired) electrons. The lowest BCUT2D eigenvalue weighted by atomic mass is 9.90. The number of terminal acetylenes is 1. The molecule has 4 aromatic rings. The molecule has 1 heterocycles. The molecule has 0 fully saturated rings. The van der Waals surface area contributed by atoms with E-state index in [1.54, 1.807) is 6.08 Å². The van der Waals surface area contributed by atoms with Crippen LogP contribution in [0.1, 0.15) is 82.4 Å². The van der Waals surface area contributed by atoms with Crippen molar-refractivity contribution in [2.24, 2.45) is 0 Å². The first-order valence-electron chi connectivity index (χ1n) is 21.2. The molecule has 0 amide bonds. The highest BCUT2D eigenvalue weighted by Gasteiger charge is 2.21. The van der Waals surface area contributed by atoms with E-state index in [4.69, 9.17) is 10.8 Å². The van der Waals surface area contributed by atoms with Gasteiger partial charge in [-0.05, 0) is 141 Å². The average molecular weight is 788 g/mol. The van der Waals surface area contributed by atoms with E-state index in [9.17, 15) is 0 Å². The first-order valence-corrected chi connectivity index (χ1v) is 21.2. The zero-order valence-electron chi connectivity index (χ0n) is 36.8. The number of fused-ring (bicyclic) bond motifs is 1. The van der Waals surface area contributed by atoms with Gasteiger partial charge < -0.3 is 9.32 Å². The van der Waals surface area contributed by atoms with Gasteiger partial charge in [0.2, 0.25) is 0 Å². The molecule has 304 valence electrons. The second-order valence-electron chi connectivity index (χ2n) is 14.3. The van der Waals surface area contributed by atoms with Gasteiger partial charge in [-0.3, -0.25) is 0 Å². The van der Waals surface area contributed by atoms with Crippen molar-refractivity contribution in [3.05, 3.63) is 221 Å². The summed E-state index contributed by atoms with van der Waals surface area (Å²) >= 11 is 0. The van der Waals surface area contributed by atoms with Gasteiger partial charge in [0.1, 0.15) is 11.3 Å². The molecule has 1 aliphatic rings. The topological polar surface area (TPSA) is 16.4 Å². The van der Waals surface area contributed by atoms with E-state index < -0.39 is 0 Å². The van der Waals surface area contributed by atoms with E-state index in [2.05, 4.69) is 174 Å². The molecule has 0 spiro atoms. The number of hydrogen-bond donors (Lipinski definition) is 0. The summed E-state index contributed by atoms with van der Waals surface area (Å²) in [5.74, 6) is 3.68. The van der Waals surface area contributed by atoms with Crippen molar-refractivity contribution in [1.82, 2.24) is 0 Å². The number of hydrogen-bond acceptors (Lipinski definition) is 2. The molecule has 0 N–H and O–H groups in total. The molecule has 0 bridgehead atoms. The molecule has 5 rings (SSSR count). The second kappa shape index (κ2) is 24.2. The standard InChI is InChI=1S/C55H53NO.C3H8/c1-9-16-20-27-53-41(8)51-38-33-45(14-6)54(55(51)57-53)52-39-37-50(40-46(52)15-7)56(48-26-21-25-47(32-36-48)44(13-5)24-19-12-4)49-34-30-43(31-35-49)29-28-42(22-17-10-2)23-18-11-3;1-3-2/h5,10-12,16-22,24,26-28,30-40H,1-2,14-15,23,29H2,3-4,6-8H3;3H2,1-2H3/b18-11-,19-12-,22-17-,27-20-,42-28+,44-24+;. The summed E-state index contributed by atoms with van der Waals surface area (Å²) in [7, 11) is 0. The predicted octanol–water partition coefficient (Wildman–Crippen LogP) is 16.3. The van der Waals surface area contributed by atoms with Crippen LogP contribution in [0.2, 0.25) is 0 Å². The average Bonchev–Trinajstić information content (AvgIpc) is 3.41. The monoisotopic (exact) mass is 787 g/mol. The minimum atomic E-state index is 0.776. The van der Waals surface area contributed by atoms with Crippen LogP contribution in [0.5, 0.6) is 0 Å². The first-order chi connectivity index (χ1) is 29.3. The maximum atomic E-state index is 6.64. The molecule has 0 saturated heterocycles. The Morgan fingerprint density at radius 2 is 1.65 bits per heavy atom. The van der Waals surface area contributed by atoms with Gasteiger partial charge in [-0.2, -0.15) is 0 Å². The normalized spacial score (nSPS) is 13.0. The van der Waals surface area contributed by atoms with Gasteiger partial charge in [-0.15, -0.1) is 17.9 Å². The summed E-state index contributed by atoms with van der Waals surface area (Å²) in [6.45, 7) is 22.4. The third-order valence-corrected chi connectivity index (χ3v) is 9.97. The van der Waals surface area contributed by atoms with Crippen molar-refractivity contribution >= 4 is 28.4 Å². The van der Waals surface area contributed by atoms with Crippen LogP contribution in [-0.4, -0.2) is 0 Å². The summed E-state index contributed by atoms with van der Waals surface area (Å²) < 4.78 is 6.64. The van der Waals surface area contributed by atoms with Crippen LogP contribution in [0.25, 0.3) is 28.2 Å². The van der Waals surface area contributed by atoms with Gasteiger partial charge in [0.05, 0.1) is 0 Å². The maximum absolute atomic E-state index is 6.64. The van der Waals surface area contributed by atoms with Gasteiger partial charge in [0.15, 0.2) is 0 Å². The van der Waals surface area contributed by atoms with Crippen LogP contribution in [0.4, 0.5) is 11.4 Å². The molecule has 0 atom stereocenters. The SMILES string of the molecule is C#C/C(=C\C=C/C)C1=C=CC=C(N(c2ccc(C/C=C(\C=C/C=C)C/C=C\C)cc2)c2ccc(-c3c(CC)ccc4c(C)c(/C=C\C=C=C)oc34)c(CC)c2)C=C1.CCC. The molecular weight excluding hydrogens is 727 g/mol. The van der Waals surface area contributed by atoms with E-state index in [-0.39, 0.29) is 0 Å². The number of furan rings is 1. The van der Waals surface area contributed by atoms with E-state index in [1.807, 2.05) is 55.5 Å². The minimum absolute atomic E-state index is 0.776. The van der Waals surface area contributed by atoms with Crippen molar-refractivity contribution in [2.45, 2.75) is 80.6 Å². The van der Waals surface area contributed by atoms with Gasteiger partial charge in [-0.25, -0.2) is 0 Å². The van der Waals surface area contributed by atoms with Crippen LogP contribution >= 0.6 is 0 Å². The Labute approximate surface area is 361 Å². The fourth-order valence-electron chi connectivity index (χ4n) is 6.91. The fourth-order valence-corrected chi connectivity index (χ4v) is 6.91. The van der Waals surface area contributed by atoms with Crippen LogP contribution in [-0.2, 0) is 19.3 Å². The molecule has 1 aromatic heterocycles.